The van der Waals surface area contributed by atoms with Gasteiger partial charge in [-0.25, -0.2) is 4.99 Å². The molecule has 3 N–H and O–H groups in total. The number of nitrogens with two attached hydrogens (primary N) is 1. The minimum atomic E-state index is 0. The first-order valence-corrected chi connectivity index (χ1v) is 8.54. The molecule has 0 aliphatic rings. The normalized spacial score (nSPS) is 10.7. The highest BCUT2D eigenvalue weighted by Gasteiger charge is 2.04. The average Bonchev–Trinajstić information content (AvgIpc) is 2.66. The summed E-state index contributed by atoms with van der Waals surface area (Å²) < 4.78 is 10.6. The Morgan fingerprint density at radius 3 is 2.22 bits per heavy atom. The van der Waals surface area contributed by atoms with E-state index in [1.165, 1.54) is 5.69 Å². The van der Waals surface area contributed by atoms with Gasteiger partial charge in [0, 0.05) is 26.3 Å². The van der Waals surface area contributed by atoms with Crippen LogP contribution in [0.3, 0.4) is 0 Å². The van der Waals surface area contributed by atoms with E-state index in [9.17, 15) is 0 Å². The molecule has 148 valence electrons. The van der Waals surface area contributed by atoms with Crippen LogP contribution in [0.5, 0.6) is 11.5 Å². The second-order valence-electron chi connectivity index (χ2n) is 6.13. The van der Waals surface area contributed by atoms with E-state index in [0.717, 1.165) is 29.0 Å². The summed E-state index contributed by atoms with van der Waals surface area (Å²) in [5, 5.41) is 3.14. The Kier molecular flexibility index (Phi) is 9.77. The number of benzene rings is 2. The van der Waals surface area contributed by atoms with Crippen LogP contribution in [0.4, 0.5) is 5.69 Å². The van der Waals surface area contributed by atoms with Crippen molar-refractivity contribution in [1.82, 2.24) is 5.32 Å². The number of nitrogens with zero attached hydrogens (tertiary/aromatic N) is 2. The number of hydrogen-bond acceptors (Lipinski definition) is 4. The van der Waals surface area contributed by atoms with Crippen LogP contribution in [0, 0.1) is 0 Å². The van der Waals surface area contributed by atoms with Crippen molar-refractivity contribution < 1.29 is 9.47 Å². The lowest BCUT2D eigenvalue weighted by Crippen LogP contribution is -2.33. The van der Waals surface area contributed by atoms with Gasteiger partial charge in [0.1, 0.15) is 0 Å². The van der Waals surface area contributed by atoms with E-state index in [1.807, 2.05) is 32.3 Å². The van der Waals surface area contributed by atoms with E-state index in [2.05, 4.69) is 39.5 Å². The molecule has 2 aromatic carbocycles. The first-order chi connectivity index (χ1) is 12.5. The highest BCUT2D eigenvalue weighted by molar-refractivity contribution is 14.0. The van der Waals surface area contributed by atoms with Gasteiger partial charge in [-0.3, -0.25) is 0 Å². The fraction of sp³-hybridized carbons (Fsp3) is 0.350. The third kappa shape index (κ3) is 7.16. The van der Waals surface area contributed by atoms with Gasteiger partial charge in [0.2, 0.25) is 0 Å². The summed E-state index contributed by atoms with van der Waals surface area (Å²) in [7, 11) is 7.31. The van der Waals surface area contributed by atoms with Gasteiger partial charge in [0.15, 0.2) is 17.5 Å². The van der Waals surface area contributed by atoms with Crippen molar-refractivity contribution in [2.24, 2.45) is 10.7 Å². The number of hydrogen-bond donors (Lipinski definition) is 2. The predicted octanol–water partition coefficient (Wildman–Crippen LogP) is 3.03. The summed E-state index contributed by atoms with van der Waals surface area (Å²) in [4.78, 5) is 6.45. The van der Waals surface area contributed by atoms with Gasteiger partial charge in [-0.2, -0.15) is 0 Å². The molecule has 0 unspecified atom stereocenters. The molecule has 0 spiro atoms. The Bertz CT molecular complexity index is 733. The molecule has 0 amide bonds. The Balaban J connectivity index is 0.00000364. The van der Waals surface area contributed by atoms with Gasteiger partial charge in [-0.1, -0.05) is 18.2 Å². The van der Waals surface area contributed by atoms with E-state index >= 15 is 0 Å². The molecule has 0 heterocycles. The van der Waals surface area contributed by atoms with E-state index in [-0.39, 0.29) is 24.0 Å². The van der Waals surface area contributed by atoms with Gasteiger partial charge in [0.05, 0.1) is 20.8 Å². The summed E-state index contributed by atoms with van der Waals surface area (Å²) in [6.07, 6.45) is 0.814. The van der Waals surface area contributed by atoms with E-state index in [1.54, 1.807) is 14.2 Å². The van der Waals surface area contributed by atoms with Crippen molar-refractivity contribution in [2.75, 3.05) is 39.8 Å². The molecule has 6 nitrogen and oxygen atoms in total. The number of ether oxygens (including phenoxy) is 2. The molecule has 2 rings (SSSR count). The topological polar surface area (TPSA) is 72.1 Å². The molecule has 27 heavy (non-hydrogen) atoms. The summed E-state index contributed by atoms with van der Waals surface area (Å²) in [5.41, 5.74) is 9.38. The van der Waals surface area contributed by atoms with Crippen molar-refractivity contribution in [1.29, 1.82) is 0 Å². The Labute approximate surface area is 178 Å². The lowest BCUT2D eigenvalue weighted by Gasteiger charge is -2.12. The zero-order valence-corrected chi connectivity index (χ0v) is 18.7. The molecule has 0 fully saturated rings. The monoisotopic (exact) mass is 484 g/mol. The summed E-state index contributed by atoms with van der Waals surface area (Å²) in [6, 6.07) is 14.2. The Hall–Kier alpha value is -2.16. The van der Waals surface area contributed by atoms with Crippen molar-refractivity contribution in [3.05, 3.63) is 53.6 Å². The molecule has 0 bridgehead atoms. The average molecular weight is 484 g/mol. The van der Waals surface area contributed by atoms with Crippen molar-refractivity contribution in [3.63, 3.8) is 0 Å². The minimum Gasteiger partial charge on any atom is -0.493 e. The number of rotatable bonds is 8. The van der Waals surface area contributed by atoms with E-state index in [4.69, 9.17) is 15.2 Å². The molecule has 0 aliphatic heterocycles. The zero-order chi connectivity index (χ0) is 18.9. The predicted molar refractivity (Wildman–Crippen MR) is 123 cm³/mol. The maximum absolute atomic E-state index is 5.95. The summed E-state index contributed by atoms with van der Waals surface area (Å²) >= 11 is 0. The van der Waals surface area contributed by atoms with Crippen LogP contribution in [-0.2, 0) is 13.0 Å². The molecule has 0 aliphatic carbocycles. The molecule has 0 saturated heterocycles. The van der Waals surface area contributed by atoms with Crippen LogP contribution in [0.15, 0.2) is 47.5 Å². The van der Waals surface area contributed by atoms with Crippen LogP contribution in [0.25, 0.3) is 0 Å². The maximum Gasteiger partial charge on any atom is 0.188 e. The molecule has 0 radical (unpaired) electrons. The number of anilines is 1. The quantitative estimate of drug-likeness (QED) is 0.343. The van der Waals surface area contributed by atoms with Crippen LogP contribution >= 0.6 is 24.0 Å². The smallest absolute Gasteiger partial charge is 0.188 e. The van der Waals surface area contributed by atoms with Crippen LogP contribution in [0.1, 0.15) is 11.1 Å². The lowest BCUT2D eigenvalue weighted by atomic mass is 10.1. The number of methoxy groups -OCH3 is 2. The maximum atomic E-state index is 5.95. The van der Waals surface area contributed by atoms with Crippen molar-refractivity contribution in [3.8, 4) is 11.5 Å². The second-order valence-corrected chi connectivity index (χ2v) is 6.13. The molecule has 7 heteroatoms. The number of nitrogens with one attached hydrogen (secondary N) is 1. The lowest BCUT2D eigenvalue weighted by molar-refractivity contribution is 0.354. The zero-order valence-electron chi connectivity index (χ0n) is 16.4. The first kappa shape index (κ1) is 22.9. The third-order valence-electron chi connectivity index (χ3n) is 4.05. The van der Waals surface area contributed by atoms with Gasteiger partial charge >= 0.3 is 0 Å². The second kappa shape index (κ2) is 11.5. The standard InChI is InChI=1S/C20H28N4O2.HI/c1-24(2)17-8-5-16(6-9-17)14-23-20(21)22-12-11-15-7-10-18(25-3)19(13-15)26-4;/h5-10,13H,11-12,14H2,1-4H3,(H3,21,22,23);1H. The fourth-order valence-electron chi connectivity index (χ4n) is 2.50. The third-order valence-corrected chi connectivity index (χ3v) is 4.05. The summed E-state index contributed by atoms with van der Waals surface area (Å²) in [6.45, 7) is 1.26. The Morgan fingerprint density at radius 2 is 1.63 bits per heavy atom. The van der Waals surface area contributed by atoms with Gasteiger partial charge in [0.25, 0.3) is 0 Å². The highest BCUT2D eigenvalue weighted by Crippen LogP contribution is 2.27. The van der Waals surface area contributed by atoms with Crippen LogP contribution in [-0.4, -0.2) is 40.8 Å². The molecule has 0 atom stereocenters. The fourth-order valence-corrected chi connectivity index (χ4v) is 2.50. The molecule has 0 saturated carbocycles. The number of guanidine groups is 1. The Morgan fingerprint density at radius 1 is 1.00 bits per heavy atom. The number of halogens is 1. The molecular formula is C20H29IN4O2. The number of aliphatic imine (C=N–C) groups is 1. The molecule has 2 aromatic rings. The van der Waals surface area contributed by atoms with Gasteiger partial charge < -0.3 is 25.4 Å². The summed E-state index contributed by atoms with van der Waals surface area (Å²) in [5.74, 6) is 1.90. The van der Waals surface area contributed by atoms with E-state index < -0.39 is 0 Å². The highest BCUT2D eigenvalue weighted by atomic mass is 127. The van der Waals surface area contributed by atoms with Crippen LogP contribution in [0.2, 0.25) is 0 Å². The largest absolute Gasteiger partial charge is 0.493 e. The molecular weight excluding hydrogens is 455 g/mol. The van der Waals surface area contributed by atoms with Crippen molar-refractivity contribution >= 4 is 35.6 Å². The van der Waals surface area contributed by atoms with Crippen molar-refractivity contribution in [2.45, 2.75) is 13.0 Å². The van der Waals surface area contributed by atoms with Gasteiger partial charge in [-0.15, -0.1) is 24.0 Å². The van der Waals surface area contributed by atoms with Gasteiger partial charge in [-0.05, 0) is 41.8 Å². The minimum absolute atomic E-state index is 0. The molecule has 0 aromatic heterocycles. The van der Waals surface area contributed by atoms with Crippen LogP contribution < -0.4 is 25.4 Å². The van der Waals surface area contributed by atoms with E-state index in [0.29, 0.717) is 19.0 Å². The first-order valence-electron chi connectivity index (χ1n) is 8.54. The SMILES string of the molecule is COc1ccc(CCNC(N)=NCc2ccc(N(C)C)cc2)cc1OC.I.